The van der Waals surface area contributed by atoms with Gasteiger partial charge in [-0.3, -0.25) is 69.5 Å². The summed E-state index contributed by atoms with van der Waals surface area (Å²) in [5.41, 5.74) is 25.6. The molecule has 0 atom stereocenters. The first-order valence-electron chi connectivity index (χ1n) is 50.4. The number of nitrogens with zero attached hydrogens (tertiary/aromatic N) is 7. The third-order valence-electron chi connectivity index (χ3n) is 23.3. The van der Waals surface area contributed by atoms with Gasteiger partial charge in [0.05, 0.1) is 44.4 Å². The second-order valence-corrected chi connectivity index (χ2v) is 35.3. The van der Waals surface area contributed by atoms with Gasteiger partial charge in [0.15, 0.2) is 0 Å². The van der Waals surface area contributed by atoms with Crippen molar-refractivity contribution in [3.63, 3.8) is 0 Å². The van der Waals surface area contributed by atoms with Gasteiger partial charge >= 0.3 is 12.1 Å². The van der Waals surface area contributed by atoms with Crippen LogP contribution in [-0.2, 0) is 51.9 Å². The zero-order valence-corrected chi connectivity index (χ0v) is 82.8. The third-order valence-corrected chi connectivity index (χ3v) is 23.3. The Bertz CT molecular complexity index is 6010. The molecule has 34 nitrogen and oxygen atoms in total. The van der Waals surface area contributed by atoms with Gasteiger partial charge in [-0.05, 0) is 258 Å². The highest BCUT2D eigenvalue weighted by atomic mass is 16.5. The number of rotatable bonds is 61. The van der Waals surface area contributed by atoms with Gasteiger partial charge < -0.3 is 65.7 Å². The minimum absolute atomic E-state index is 0.148. The summed E-state index contributed by atoms with van der Waals surface area (Å²) in [5.74, 6) is 6.71. The summed E-state index contributed by atoms with van der Waals surface area (Å²) in [6.45, 7) is 9.22. The van der Waals surface area contributed by atoms with Crippen LogP contribution in [-0.4, -0.2) is 120 Å². The Kier molecular flexibility index (Phi) is 45.0. The van der Waals surface area contributed by atoms with E-state index < -0.39 is 0 Å². The predicted octanol–water partition coefficient (Wildman–Crippen LogP) is 19.7. The fourth-order valence-electron chi connectivity index (χ4n) is 15.6. The largest absolute Gasteiger partial charge is 0.494 e. The van der Waals surface area contributed by atoms with Gasteiger partial charge in [0, 0.05) is 101 Å². The lowest BCUT2D eigenvalue weighted by Gasteiger charge is -2.14. The number of unbranched alkanes of at least 4 members (excludes halogenated alkanes) is 17. The van der Waals surface area contributed by atoms with Crippen molar-refractivity contribution >= 4 is 76.4 Å². The number of carbonyl (C=O) groups excluding carboxylic acids is 2. The van der Waals surface area contributed by atoms with Crippen LogP contribution in [0.2, 0.25) is 0 Å². The molecule has 34 heteroatoms. The smallest absolute Gasteiger partial charge is 0.321 e. The maximum atomic E-state index is 12.1. The number of amides is 4. The van der Waals surface area contributed by atoms with E-state index in [1.165, 1.54) is 30.3 Å². The number of benzene rings is 8. The normalized spacial score (nSPS) is 11.2. The van der Waals surface area contributed by atoms with E-state index >= 15 is 0 Å². The molecule has 13 aromatic rings. The molecule has 0 unspecified atom stereocenters. The van der Waals surface area contributed by atoms with Gasteiger partial charge in [0.2, 0.25) is 29.7 Å². The predicted molar refractivity (Wildman–Crippen MR) is 570 cm³/mol. The van der Waals surface area contributed by atoms with Gasteiger partial charge in [-0.1, -0.05) is 139 Å². The first-order chi connectivity index (χ1) is 70.8. The van der Waals surface area contributed by atoms with Crippen molar-refractivity contribution in [3.05, 3.63) is 314 Å². The molecule has 0 aliphatic carbocycles. The van der Waals surface area contributed by atoms with Crippen LogP contribution in [0.5, 0.6) is 46.0 Å². The standard InChI is InChI=1S/C57H69N9O9.C54H66N10O6/c58-55-61-43(33-52(67)64-55)13-7-1-4-10-28-70-46-20-16-40(17-21-46)37-74-50-31-42(39-73-49-26-24-48(25-27-49)72-30-12-6-3-9-15-45-35-54(69)66-57(60)63-45)32-51(36-50)75-38-41-18-22-47(23-19-41)71-29-11-5-2-8-14-44-34-53(68)65-56(59)62-44;1-3-5-31-55-53(67)63-51-59-41(35-49(65)61-51)17-11-7-9-13-33-69-43-27-23-39(24-28-43)37-57-47-21-15-20-46-45(47)19-16-22-48(46)58-38-40-25-29-44(30-26-40)70-34-14-10-8-12-18-42-36-50(66)62-52(60-42)64-54(68)56-32-6-4-2/h16-27,31-36H,1-15,28-30,37-39H2,(H3,58,61,64,67)(H3,59,62,65,68)(H3,60,63,66,69);15-16,19-30,35-38H,3-14,17-18,31-34H2,1-2H3,(H3,55,59,61,63,65,67)(H3,56,60,62,64,66,68). The lowest BCUT2D eigenvalue weighted by atomic mass is 10.1. The Hall–Kier alpha value is -15.9. The second-order valence-electron chi connectivity index (χ2n) is 35.3. The monoisotopic (exact) mass is 1970 g/mol. The number of hydrogen-bond acceptors (Lipinski definition) is 25. The quantitative estimate of drug-likeness (QED) is 0.0124. The molecule has 5 heterocycles. The molecular formula is C111H135N19O15. The molecule has 15 N–H and O–H groups in total. The molecular weight excluding hydrogens is 1840 g/mol. The first kappa shape index (κ1) is 108. The summed E-state index contributed by atoms with van der Waals surface area (Å²) in [7, 11) is 0. The van der Waals surface area contributed by atoms with E-state index in [2.05, 4.69) is 97.1 Å². The van der Waals surface area contributed by atoms with Crippen molar-refractivity contribution in [2.45, 2.75) is 220 Å². The molecule has 764 valence electrons. The summed E-state index contributed by atoms with van der Waals surface area (Å²) in [6.07, 6.45) is 29.9. The number of carbonyl (C=O) groups is 2. The number of anilines is 5. The van der Waals surface area contributed by atoms with E-state index in [4.69, 9.17) is 65.1 Å². The number of nitrogens with one attached hydrogen (secondary N) is 9. The van der Waals surface area contributed by atoms with Gasteiger partial charge in [0.1, 0.15) is 65.8 Å². The lowest BCUT2D eigenvalue weighted by molar-refractivity contribution is 0.251. The summed E-state index contributed by atoms with van der Waals surface area (Å²) in [5, 5.41) is 12.7. The number of nitrogen functional groups attached to an aromatic ring is 3. The number of nitrogens with two attached hydrogens (primary N) is 3. The highest BCUT2D eigenvalue weighted by Gasteiger charge is 2.15. The van der Waals surface area contributed by atoms with Crippen LogP contribution in [0.15, 0.2) is 240 Å². The average Bonchev–Trinajstić information content (AvgIpc) is 0.873. The van der Waals surface area contributed by atoms with Crippen molar-refractivity contribution < 1.29 is 47.5 Å². The van der Waals surface area contributed by atoms with Gasteiger partial charge in [-0.25, -0.2) is 34.5 Å². The highest BCUT2D eigenvalue weighted by Crippen LogP contribution is 2.34. The van der Waals surface area contributed by atoms with Gasteiger partial charge in [-0.2, -0.15) is 0 Å². The fraction of sp³-hybridized carbons (Fsp3) is 0.369. The fourth-order valence-corrected chi connectivity index (χ4v) is 15.6. The SMILES string of the molecule is CCCCNC(=O)Nc1nc(CCCCCCOc2ccc(C=Nc3cccc4c(N=Cc5ccc(OCCCCCCc6cc(=O)[nH]c(NC(=O)NCCCC)n6)cc5)cccc34)cc2)cc(=O)[nH]1.Nc1nc(CCCCCCOc2ccc(COc3cc(COc4ccc(OCCCCCCc5cc(=O)[nH]c(N)n5)cc4)cc(OCc4ccc(OCCCCCCc5cc(=O)[nH]c(N)n5)cc4)c3)cc2)cc(=O)[nH]1. The molecule has 0 bridgehead atoms. The van der Waals surface area contributed by atoms with Crippen molar-refractivity contribution in [2.24, 2.45) is 9.98 Å². The molecule has 0 saturated heterocycles. The number of aliphatic imine (C=N–C) groups is 2. The molecule has 0 aliphatic rings. The molecule has 4 amide bonds. The molecule has 13 rings (SSSR count). The number of urea groups is 2. The highest BCUT2D eigenvalue weighted by molar-refractivity contribution is 6.02. The molecule has 0 fully saturated rings. The summed E-state index contributed by atoms with van der Waals surface area (Å²) in [4.78, 5) is 127. The van der Waals surface area contributed by atoms with Gasteiger partial charge in [0.25, 0.3) is 27.8 Å². The number of aromatic nitrogens is 10. The zero-order chi connectivity index (χ0) is 102. The van der Waals surface area contributed by atoms with Crippen LogP contribution in [0.1, 0.15) is 224 Å². The molecule has 8 aromatic carbocycles. The minimum Gasteiger partial charge on any atom is -0.494 e. The summed E-state index contributed by atoms with van der Waals surface area (Å²) < 4.78 is 48.9. The molecule has 0 spiro atoms. The Morgan fingerprint density at radius 3 is 0.890 bits per heavy atom. The number of hydrogen-bond donors (Lipinski definition) is 12. The van der Waals surface area contributed by atoms with Crippen LogP contribution < -0.4 is 104 Å². The first-order valence-corrected chi connectivity index (χ1v) is 50.4. The van der Waals surface area contributed by atoms with Crippen molar-refractivity contribution in [1.29, 1.82) is 0 Å². The number of H-pyrrole nitrogens is 5. The van der Waals surface area contributed by atoms with Gasteiger partial charge in [-0.15, -0.1) is 0 Å². The number of ether oxygens (including phenoxy) is 8. The number of fused-ring (bicyclic) bond motifs is 1. The van der Waals surface area contributed by atoms with Crippen molar-refractivity contribution in [3.8, 4) is 46.0 Å². The Morgan fingerprint density at radius 1 is 0.297 bits per heavy atom. The average molecular weight is 1980 g/mol. The second kappa shape index (κ2) is 60.4. The van der Waals surface area contributed by atoms with Crippen molar-refractivity contribution in [2.75, 3.05) is 74.0 Å². The topological polar surface area (TPSA) is 488 Å². The van der Waals surface area contributed by atoms with Crippen LogP contribution in [0.3, 0.4) is 0 Å². The molecule has 0 saturated carbocycles. The van der Waals surface area contributed by atoms with Crippen LogP contribution >= 0.6 is 0 Å². The zero-order valence-electron chi connectivity index (χ0n) is 82.8. The van der Waals surface area contributed by atoms with E-state index in [0.29, 0.717) is 137 Å². The summed E-state index contributed by atoms with van der Waals surface area (Å²) in [6, 6.07) is 63.9. The Morgan fingerprint density at radius 2 is 0.572 bits per heavy atom. The van der Waals surface area contributed by atoms with Crippen molar-refractivity contribution in [1.82, 2.24) is 60.5 Å². The van der Waals surface area contributed by atoms with E-state index in [-0.39, 0.29) is 76.2 Å². The van der Waals surface area contributed by atoms with E-state index in [1.807, 2.05) is 176 Å². The van der Waals surface area contributed by atoms with E-state index in [1.54, 1.807) is 0 Å². The minimum atomic E-state index is -0.378. The molecule has 145 heavy (non-hydrogen) atoms. The lowest BCUT2D eigenvalue weighted by Crippen LogP contribution is -2.31. The number of aromatic amines is 5. The van der Waals surface area contributed by atoms with Crippen LogP contribution in [0.25, 0.3) is 10.8 Å². The molecule has 0 radical (unpaired) electrons. The third kappa shape index (κ3) is 40.9. The Labute approximate surface area is 843 Å². The maximum absolute atomic E-state index is 12.1. The number of aryl methyl sites for hydroxylation is 5. The summed E-state index contributed by atoms with van der Waals surface area (Å²) >= 11 is 0. The van der Waals surface area contributed by atoms with E-state index in [0.717, 1.165) is 233 Å². The Balaban J connectivity index is 0.000000259. The molecule has 0 aliphatic heterocycles. The van der Waals surface area contributed by atoms with Crippen LogP contribution in [0, 0.1) is 0 Å². The molecule has 5 aromatic heterocycles. The maximum Gasteiger partial charge on any atom is 0.321 e. The van der Waals surface area contributed by atoms with Crippen LogP contribution in [0.4, 0.5) is 50.7 Å². The van der Waals surface area contributed by atoms with E-state index in [9.17, 15) is 33.6 Å².